The molecule has 0 radical (unpaired) electrons. The van der Waals surface area contributed by atoms with Gasteiger partial charge in [-0.3, -0.25) is 4.99 Å². The molecule has 2 heterocycles. The van der Waals surface area contributed by atoms with Crippen molar-refractivity contribution in [2.24, 2.45) is 9.98 Å². The highest BCUT2D eigenvalue weighted by Crippen LogP contribution is 2.23. The van der Waals surface area contributed by atoms with E-state index in [1.807, 2.05) is 13.0 Å². The van der Waals surface area contributed by atoms with E-state index >= 15 is 0 Å². The number of nitrogens with zero attached hydrogens (tertiary/aromatic N) is 3. The SMILES string of the molecule is CC1=NC=CC2=NC(S)C(C)N12. The number of rotatable bonds is 0. The summed E-state index contributed by atoms with van der Waals surface area (Å²) in [6, 6.07) is 0.317. The van der Waals surface area contributed by atoms with Gasteiger partial charge in [-0.1, -0.05) is 0 Å². The zero-order valence-corrected chi connectivity index (χ0v) is 7.99. The van der Waals surface area contributed by atoms with Crippen molar-refractivity contribution in [3.8, 4) is 0 Å². The summed E-state index contributed by atoms with van der Waals surface area (Å²) < 4.78 is 0. The van der Waals surface area contributed by atoms with Crippen LogP contribution >= 0.6 is 12.6 Å². The first kappa shape index (κ1) is 7.86. The van der Waals surface area contributed by atoms with Crippen LogP contribution in [0, 0.1) is 0 Å². The second-order valence-electron chi connectivity index (χ2n) is 3.00. The molecule has 12 heavy (non-hydrogen) atoms. The van der Waals surface area contributed by atoms with Crippen LogP contribution in [0.1, 0.15) is 13.8 Å². The minimum atomic E-state index is 0.0768. The van der Waals surface area contributed by atoms with Crippen LogP contribution in [0.4, 0.5) is 0 Å². The molecule has 3 nitrogen and oxygen atoms in total. The van der Waals surface area contributed by atoms with Crippen LogP contribution in [0.15, 0.2) is 22.3 Å². The smallest absolute Gasteiger partial charge is 0.132 e. The summed E-state index contributed by atoms with van der Waals surface area (Å²) in [6.45, 7) is 4.09. The van der Waals surface area contributed by atoms with Crippen LogP contribution in [-0.4, -0.2) is 28.0 Å². The highest BCUT2D eigenvalue weighted by atomic mass is 32.1. The molecule has 64 valence electrons. The second kappa shape index (κ2) is 2.62. The number of aliphatic imine (C=N–C) groups is 2. The first-order valence-corrected chi connectivity index (χ1v) is 4.48. The maximum Gasteiger partial charge on any atom is 0.132 e. The zero-order valence-electron chi connectivity index (χ0n) is 7.10. The van der Waals surface area contributed by atoms with Crippen LogP contribution in [0.2, 0.25) is 0 Å². The Morgan fingerprint density at radius 3 is 3.00 bits per heavy atom. The Balaban J connectivity index is 2.37. The molecule has 0 amide bonds. The lowest BCUT2D eigenvalue weighted by Gasteiger charge is -2.26. The molecule has 0 aliphatic carbocycles. The van der Waals surface area contributed by atoms with E-state index in [0.717, 1.165) is 11.7 Å². The van der Waals surface area contributed by atoms with E-state index in [0.29, 0.717) is 6.04 Å². The van der Waals surface area contributed by atoms with Crippen LogP contribution in [0.25, 0.3) is 0 Å². The summed E-state index contributed by atoms with van der Waals surface area (Å²) in [4.78, 5) is 10.7. The highest BCUT2D eigenvalue weighted by molar-refractivity contribution is 7.81. The first-order chi connectivity index (χ1) is 5.70. The monoisotopic (exact) mass is 181 g/mol. The predicted molar refractivity (Wildman–Crippen MR) is 53.8 cm³/mol. The second-order valence-corrected chi connectivity index (χ2v) is 3.53. The summed E-state index contributed by atoms with van der Waals surface area (Å²) >= 11 is 4.36. The normalized spacial score (nSPS) is 33.1. The molecule has 0 aromatic heterocycles. The van der Waals surface area contributed by atoms with Crippen LogP contribution in [-0.2, 0) is 0 Å². The van der Waals surface area contributed by atoms with Crippen LogP contribution in [0.3, 0.4) is 0 Å². The van der Waals surface area contributed by atoms with Gasteiger partial charge in [0.1, 0.15) is 17.0 Å². The lowest BCUT2D eigenvalue weighted by atomic mass is 10.3. The largest absolute Gasteiger partial charge is 0.309 e. The number of fused-ring (bicyclic) bond motifs is 1. The van der Waals surface area contributed by atoms with Crippen molar-refractivity contribution in [3.63, 3.8) is 0 Å². The Hall–Kier alpha value is -0.770. The number of amidine groups is 2. The maximum absolute atomic E-state index is 4.38. The third kappa shape index (κ3) is 0.982. The first-order valence-electron chi connectivity index (χ1n) is 3.96. The molecule has 0 spiro atoms. The Morgan fingerprint density at radius 1 is 1.58 bits per heavy atom. The molecular weight excluding hydrogens is 170 g/mol. The van der Waals surface area contributed by atoms with Gasteiger partial charge in [-0.2, -0.15) is 12.6 Å². The van der Waals surface area contributed by atoms with Crippen molar-refractivity contribution in [2.45, 2.75) is 25.3 Å². The Morgan fingerprint density at radius 2 is 2.33 bits per heavy atom. The van der Waals surface area contributed by atoms with E-state index in [4.69, 9.17) is 0 Å². The molecule has 2 unspecified atom stereocenters. The molecule has 2 atom stereocenters. The molecular formula is C8H11N3S. The molecule has 0 bridgehead atoms. The fourth-order valence-corrected chi connectivity index (χ4v) is 1.76. The van der Waals surface area contributed by atoms with Crippen LogP contribution < -0.4 is 0 Å². The Bertz CT molecular complexity index is 293. The van der Waals surface area contributed by atoms with E-state index in [1.165, 1.54) is 0 Å². The Kier molecular flexibility index (Phi) is 1.72. The van der Waals surface area contributed by atoms with Crippen molar-refractivity contribution in [1.82, 2.24) is 4.90 Å². The summed E-state index contributed by atoms with van der Waals surface area (Å²) in [5.41, 5.74) is 0. The summed E-state index contributed by atoms with van der Waals surface area (Å²) in [7, 11) is 0. The molecule has 2 aliphatic heterocycles. The average Bonchev–Trinajstić information content (AvgIpc) is 2.29. The van der Waals surface area contributed by atoms with Crippen molar-refractivity contribution >= 4 is 24.3 Å². The topological polar surface area (TPSA) is 28.0 Å². The van der Waals surface area contributed by atoms with E-state index in [2.05, 4.69) is 34.4 Å². The minimum Gasteiger partial charge on any atom is -0.309 e. The molecule has 0 saturated heterocycles. The third-order valence-electron chi connectivity index (χ3n) is 2.18. The molecule has 2 rings (SSSR count). The molecule has 0 fully saturated rings. The summed E-state index contributed by atoms with van der Waals surface area (Å²) in [5.74, 6) is 1.98. The van der Waals surface area contributed by atoms with Crippen molar-refractivity contribution in [2.75, 3.05) is 0 Å². The van der Waals surface area contributed by atoms with Gasteiger partial charge in [-0.25, -0.2) is 4.99 Å². The fourth-order valence-electron chi connectivity index (χ4n) is 1.51. The number of thiol groups is 1. The molecule has 0 aromatic rings. The molecule has 0 aromatic carbocycles. The lowest BCUT2D eigenvalue weighted by Crippen LogP contribution is -2.40. The van der Waals surface area contributed by atoms with Gasteiger partial charge in [0.25, 0.3) is 0 Å². The molecule has 4 heteroatoms. The minimum absolute atomic E-state index is 0.0768. The van der Waals surface area contributed by atoms with Crippen molar-refractivity contribution < 1.29 is 0 Å². The molecule has 0 saturated carbocycles. The van der Waals surface area contributed by atoms with Gasteiger partial charge in [0, 0.05) is 6.20 Å². The van der Waals surface area contributed by atoms with Gasteiger partial charge in [0.2, 0.25) is 0 Å². The Labute approximate surface area is 77.3 Å². The van der Waals surface area contributed by atoms with Gasteiger partial charge in [-0.15, -0.1) is 0 Å². The van der Waals surface area contributed by atoms with E-state index in [-0.39, 0.29) is 5.37 Å². The van der Waals surface area contributed by atoms with Crippen molar-refractivity contribution in [3.05, 3.63) is 12.3 Å². The molecule has 0 N–H and O–H groups in total. The summed E-state index contributed by atoms with van der Waals surface area (Å²) in [6.07, 6.45) is 3.70. The van der Waals surface area contributed by atoms with Crippen molar-refractivity contribution in [1.29, 1.82) is 0 Å². The van der Waals surface area contributed by atoms with E-state index in [9.17, 15) is 0 Å². The lowest BCUT2D eigenvalue weighted by molar-refractivity contribution is 0.495. The average molecular weight is 181 g/mol. The summed E-state index contributed by atoms with van der Waals surface area (Å²) in [5, 5.41) is 0.0768. The standard InChI is InChI=1S/C8H11N3S/c1-5-8(12)10-7-3-4-9-6(2)11(5)7/h3-5,8,12H,1-2H3. The zero-order chi connectivity index (χ0) is 8.72. The van der Waals surface area contributed by atoms with Crippen LogP contribution in [0.5, 0.6) is 0 Å². The number of hydrogen-bond acceptors (Lipinski definition) is 4. The molecule has 2 aliphatic rings. The van der Waals surface area contributed by atoms with Gasteiger partial charge >= 0.3 is 0 Å². The third-order valence-corrected chi connectivity index (χ3v) is 2.73. The quantitative estimate of drug-likeness (QED) is 0.560. The van der Waals surface area contributed by atoms with Gasteiger partial charge in [0.05, 0.1) is 6.04 Å². The van der Waals surface area contributed by atoms with Gasteiger partial charge in [-0.05, 0) is 19.9 Å². The van der Waals surface area contributed by atoms with Gasteiger partial charge < -0.3 is 4.90 Å². The fraction of sp³-hybridized carbons (Fsp3) is 0.500. The number of hydrogen-bond donors (Lipinski definition) is 1. The predicted octanol–water partition coefficient (Wildman–Crippen LogP) is 1.29. The van der Waals surface area contributed by atoms with E-state index in [1.54, 1.807) is 6.20 Å². The van der Waals surface area contributed by atoms with Gasteiger partial charge in [0.15, 0.2) is 0 Å². The highest BCUT2D eigenvalue weighted by Gasteiger charge is 2.31. The van der Waals surface area contributed by atoms with E-state index < -0.39 is 0 Å². The maximum atomic E-state index is 4.38.